The van der Waals surface area contributed by atoms with Crippen molar-refractivity contribution >= 4 is 39.6 Å². The molecular formula is C27H24N2O2. The molecule has 5 rings (SSSR count). The van der Waals surface area contributed by atoms with E-state index in [0.29, 0.717) is 5.56 Å². The average Bonchev–Trinajstić information content (AvgIpc) is 2.81. The number of hydroxylamine groups is 1. The van der Waals surface area contributed by atoms with Crippen LogP contribution in [0.3, 0.4) is 0 Å². The Labute approximate surface area is 180 Å². The van der Waals surface area contributed by atoms with E-state index in [0.717, 1.165) is 18.5 Å². The number of nitrogens with one attached hydrogen (secondary N) is 2. The summed E-state index contributed by atoms with van der Waals surface area (Å²) in [6.45, 7) is 2.89. The highest BCUT2D eigenvalue weighted by atomic mass is 16.5. The average molecular weight is 409 g/mol. The summed E-state index contributed by atoms with van der Waals surface area (Å²) in [4.78, 5) is 11.5. The van der Waals surface area contributed by atoms with Crippen molar-refractivity contribution in [2.45, 2.75) is 19.4 Å². The maximum absolute atomic E-state index is 11.5. The van der Waals surface area contributed by atoms with Crippen molar-refractivity contribution in [3.05, 3.63) is 94.2 Å². The lowest BCUT2D eigenvalue weighted by molar-refractivity contribution is 0.0706. The van der Waals surface area contributed by atoms with E-state index in [9.17, 15) is 4.79 Å². The van der Waals surface area contributed by atoms with Gasteiger partial charge in [-0.2, -0.15) is 0 Å². The Balaban J connectivity index is 1.37. The standard InChI is InChI=1S/C27H24N2O2/c1-17(15-18-5-7-22(8-6-18)27(30)29-31)16-28-24-14-12-21-10-9-19-3-2-4-20-11-13-23(24)26(21)25(19)20/h2-13,15,24,28,31H,14,16H2,1H3,(H,29,30). The quantitative estimate of drug-likeness (QED) is 0.330. The molecule has 4 nitrogen and oxygen atoms in total. The van der Waals surface area contributed by atoms with Gasteiger partial charge in [-0.15, -0.1) is 0 Å². The summed E-state index contributed by atoms with van der Waals surface area (Å²) in [6.07, 6.45) is 5.43. The van der Waals surface area contributed by atoms with Crippen LogP contribution >= 0.6 is 0 Å². The van der Waals surface area contributed by atoms with Gasteiger partial charge in [-0.25, -0.2) is 5.48 Å². The zero-order valence-corrected chi connectivity index (χ0v) is 17.4. The van der Waals surface area contributed by atoms with Crippen molar-refractivity contribution in [3.63, 3.8) is 0 Å². The lowest BCUT2D eigenvalue weighted by Crippen LogP contribution is -2.27. The third-order valence-electron chi connectivity index (χ3n) is 6.10. The third kappa shape index (κ3) is 3.61. The lowest BCUT2D eigenvalue weighted by Gasteiger charge is -2.24. The lowest BCUT2D eigenvalue weighted by atomic mass is 9.87. The summed E-state index contributed by atoms with van der Waals surface area (Å²) < 4.78 is 0. The summed E-state index contributed by atoms with van der Waals surface area (Å²) in [5.74, 6) is -0.504. The van der Waals surface area contributed by atoms with Crippen LogP contribution in [0.1, 0.15) is 40.9 Å². The maximum atomic E-state index is 11.5. The van der Waals surface area contributed by atoms with Crippen LogP contribution in [-0.2, 0) is 0 Å². The van der Waals surface area contributed by atoms with Crippen LogP contribution in [0.2, 0.25) is 0 Å². The molecule has 0 saturated carbocycles. The molecule has 31 heavy (non-hydrogen) atoms. The molecule has 0 spiro atoms. The van der Waals surface area contributed by atoms with Gasteiger partial charge < -0.3 is 5.32 Å². The van der Waals surface area contributed by atoms with E-state index in [1.807, 2.05) is 12.1 Å². The van der Waals surface area contributed by atoms with Crippen molar-refractivity contribution in [2.24, 2.45) is 0 Å². The second-order valence-corrected chi connectivity index (χ2v) is 8.19. The van der Waals surface area contributed by atoms with Gasteiger partial charge in [0.05, 0.1) is 0 Å². The van der Waals surface area contributed by atoms with Gasteiger partial charge in [0.15, 0.2) is 0 Å². The van der Waals surface area contributed by atoms with Crippen LogP contribution in [0.15, 0.2) is 72.3 Å². The predicted octanol–water partition coefficient (Wildman–Crippen LogP) is 4.75. The number of benzene rings is 4. The van der Waals surface area contributed by atoms with E-state index in [-0.39, 0.29) is 6.04 Å². The van der Waals surface area contributed by atoms with Gasteiger partial charge in [-0.05, 0) is 63.4 Å². The summed E-state index contributed by atoms with van der Waals surface area (Å²) in [6, 6.07) is 22.9. The van der Waals surface area contributed by atoms with Crippen molar-refractivity contribution in [2.75, 3.05) is 6.54 Å². The van der Waals surface area contributed by atoms with Crippen LogP contribution in [0.4, 0.5) is 0 Å². The van der Waals surface area contributed by atoms with E-state index >= 15 is 0 Å². The van der Waals surface area contributed by atoms with Gasteiger partial charge in [0, 0.05) is 18.2 Å². The van der Waals surface area contributed by atoms with Crippen LogP contribution in [0, 0.1) is 0 Å². The first kappa shape index (κ1) is 19.5. The molecule has 0 heterocycles. The van der Waals surface area contributed by atoms with E-state index in [1.165, 1.54) is 37.9 Å². The first-order valence-electron chi connectivity index (χ1n) is 10.5. The molecule has 1 atom stereocenters. The molecule has 0 aromatic heterocycles. The third-order valence-corrected chi connectivity index (χ3v) is 6.10. The van der Waals surface area contributed by atoms with E-state index < -0.39 is 5.91 Å². The molecule has 4 heteroatoms. The highest BCUT2D eigenvalue weighted by Gasteiger charge is 2.19. The molecular weight excluding hydrogens is 384 g/mol. The van der Waals surface area contributed by atoms with Gasteiger partial charge >= 0.3 is 0 Å². The van der Waals surface area contributed by atoms with Crippen molar-refractivity contribution in [1.29, 1.82) is 0 Å². The molecule has 3 N–H and O–H groups in total. The molecule has 4 aromatic carbocycles. The van der Waals surface area contributed by atoms with Gasteiger partial charge in [-0.1, -0.05) is 72.3 Å². The van der Waals surface area contributed by atoms with Gasteiger partial charge in [0.2, 0.25) is 0 Å². The second-order valence-electron chi connectivity index (χ2n) is 8.19. The number of carbonyl (C=O) groups excluding carboxylic acids is 1. The Morgan fingerprint density at radius 2 is 1.74 bits per heavy atom. The minimum atomic E-state index is -0.504. The maximum Gasteiger partial charge on any atom is 0.274 e. The zero-order valence-electron chi connectivity index (χ0n) is 17.4. The number of amides is 1. The van der Waals surface area contributed by atoms with Crippen LogP contribution in [-0.4, -0.2) is 17.7 Å². The number of carbonyl (C=O) groups is 1. The molecule has 1 aliphatic carbocycles. The zero-order chi connectivity index (χ0) is 21.4. The topological polar surface area (TPSA) is 61.4 Å². The normalized spacial score (nSPS) is 15.8. The molecule has 0 aliphatic heterocycles. The fourth-order valence-electron chi connectivity index (χ4n) is 4.58. The summed E-state index contributed by atoms with van der Waals surface area (Å²) >= 11 is 0. The molecule has 0 bridgehead atoms. The Morgan fingerprint density at radius 1 is 1.00 bits per heavy atom. The van der Waals surface area contributed by atoms with Gasteiger partial charge in [0.1, 0.15) is 0 Å². The van der Waals surface area contributed by atoms with Crippen molar-refractivity contribution < 1.29 is 10.0 Å². The monoisotopic (exact) mass is 408 g/mol. The SMILES string of the molecule is CC(=Cc1ccc(C(=O)NO)cc1)CNC1CC=c2ccc3cccc4ccc1c2c43. The summed E-state index contributed by atoms with van der Waals surface area (Å²) in [5.41, 5.74) is 5.69. The fraction of sp³-hybridized carbons (Fsp3) is 0.148. The first-order chi connectivity index (χ1) is 15.1. The first-order valence-corrected chi connectivity index (χ1v) is 10.5. The predicted molar refractivity (Wildman–Crippen MR) is 126 cm³/mol. The van der Waals surface area contributed by atoms with Crippen molar-refractivity contribution in [3.8, 4) is 0 Å². The van der Waals surface area contributed by atoms with Crippen LogP contribution < -0.4 is 16.0 Å². The smallest absolute Gasteiger partial charge is 0.274 e. The minimum Gasteiger partial charge on any atom is -0.306 e. The second kappa shape index (κ2) is 7.99. The molecule has 0 fully saturated rings. The number of rotatable bonds is 5. The van der Waals surface area contributed by atoms with Gasteiger partial charge in [-0.3, -0.25) is 10.0 Å². The fourth-order valence-corrected chi connectivity index (χ4v) is 4.58. The minimum absolute atomic E-state index is 0.279. The Kier molecular flexibility index (Phi) is 5.02. The molecule has 1 aliphatic rings. The highest BCUT2D eigenvalue weighted by molar-refractivity contribution is 6.11. The van der Waals surface area contributed by atoms with Crippen LogP contribution in [0.25, 0.3) is 33.7 Å². The molecule has 0 saturated heterocycles. The van der Waals surface area contributed by atoms with E-state index in [4.69, 9.17) is 5.21 Å². The summed E-state index contributed by atoms with van der Waals surface area (Å²) in [5, 5.41) is 19.1. The number of hydrogen-bond donors (Lipinski definition) is 3. The Morgan fingerprint density at radius 3 is 2.48 bits per heavy atom. The highest BCUT2D eigenvalue weighted by Crippen LogP contribution is 2.33. The Bertz CT molecular complexity index is 1350. The van der Waals surface area contributed by atoms with E-state index in [1.54, 1.807) is 17.6 Å². The largest absolute Gasteiger partial charge is 0.306 e. The van der Waals surface area contributed by atoms with Crippen LogP contribution in [0.5, 0.6) is 0 Å². The Hall–Kier alpha value is -3.47. The van der Waals surface area contributed by atoms with E-state index in [2.05, 4.69) is 66.9 Å². The van der Waals surface area contributed by atoms with Crippen molar-refractivity contribution in [1.82, 2.24) is 10.8 Å². The molecule has 0 radical (unpaired) electrons. The molecule has 1 unspecified atom stereocenters. The summed E-state index contributed by atoms with van der Waals surface area (Å²) in [7, 11) is 0. The molecule has 1 amide bonds. The van der Waals surface area contributed by atoms with Gasteiger partial charge in [0.25, 0.3) is 5.91 Å². The number of hydrogen-bond acceptors (Lipinski definition) is 3. The molecule has 154 valence electrons. The molecule has 4 aromatic rings.